The zero-order chi connectivity index (χ0) is 23.8. The molecule has 0 unspecified atom stereocenters. The second-order valence-corrected chi connectivity index (χ2v) is 9.07. The van der Waals surface area contributed by atoms with Crippen molar-refractivity contribution in [2.24, 2.45) is 0 Å². The average Bonchev–Trinajstić information content (AvgIpc) is 2.91. The third kappa shape index (κ3) is 3.63. The van der Waals surface area contributed by atoms with Gasteiger partial charge in [0.25, 0.3) is 0 Å². The van der Waals surface area contributed by atoms with E-state index in [2.05, 4.69) is 97.9 Å². The van der Waals surface area contributed by atoms with Gasteiger partial charge in [0.05, 0.1) is 0 Å². The smallest absolute Gasteiger partial charge is 0.311 e. The Kier molecular flexibility index (Phi) is 5.42. The number of ether oxygens (including phenoxy) is 1. The van der Waals surface area contributed by atoms with Gasteiger partial charge in [-0.15, -0.1) is 0 Å². The van der Waals surface area contributed by atoms with Crippen LogP contribution in [0, 0.1) is 0 Å². The van der Waals surface area contributed by atoms with Crippen LogP contribution in [0.5, 0.6) is 5.75 Å². The molecule has 0 aliphatic carbocycles. The highest BCUT2D eigenvalue weighted by Crippen LogP contribution is 2.47. The van der Waals surface area contributed by atoms with Crippen LogP contribution < -0.4 is 4.74 Å². The summed E-state index contributed by atoms with van der Waals surface area (Å²) in [5.74, 6) is 0.483. The van der Waals surface area contributed by atoms with Crippen molar-refractivity contribution in [3.05, 3.63) is 103 Å². The molecular weight excluding hydrogens is 428 g/mol. The molecule has 0 heterocycles. The van der Waals surface area contributed by atoms with Crippen molar-refractivity contribution in [2.45, 2.75) is 26.2 Å². The number of rotatable bonds is 5. The van der Waals surface area contributed by atoms with Gasteiger partial charge in [-0.1, -0.05) is 110 Å². The third-order valence-electron chi connectivity index (χ3n) is 6.85. The molecule has 2 nitrogen and oxygen atoms in total. The van der Waals surface area contributed by atoms with Gasteiger partial charge >= 0.3 is 5.97 Å². The van der Waals surface area contributed by atoms with Gasteiger partial charge in [-0.25, -0.2) is 0 Å². The summed E-state index contributed by atoms with van der Waals surface area (Å²) < 4.78 is 6.07. The molecule has 2 heteroatoms. The lowest BCUT2D eigenvalue weighted by atomic mass is 9.86. The number of hydrogen-bond donors (Lipinski definition) is 0. The molecule has 6 rings (SSSR count). The van der Waals surface area contributed by atoms with Gasteiger partial charge in [0.2, 0.25) is 0 Å². The second-order valence-electron chi connectivity index (χ2n) is 9.07. The molecule has 6 aromatic carbocycles. The van der Waals surface area contributed by atoms with Gasteiger partial charge in [0, 0.05) is 17.2 Å². The van der Waals surface area contributed by atoms with Gasteiger partial charge in [-0.2, -0.15) is 0 Å². The van der Waals surface area contributed by atoms with Crippen molar-refractivity contribution in [3.63, 3.8) is 0 Å². The number of unbranched alkanes of at least 4 members (excludes halogenated alkanes) is 1. The summed E-state index contributed by atoms with van der Waals surface area (Å²) in [5.41, 5.74) is 2.40. The highest BCUT2D eigenvalue weighted by molar-refractivity contribution is 6.25. The van der Waals surface area contributed by atoms with Crippen molar-refractivity contribution in [1.29, 1.82) is 0 Å². The van der Waals surface area contributed by atoms with E-state index in [4.69, 9.17) is 4.74 Å². The molecule has 0 amide bonds. The summed E-state index contributed by atoms with van der Waals surface area (Å²) in [6, 6.07) is 36.1. The summed E-state index contributed by atoms with van der Waals surface area (Å²) in [7, 11) is 0. The molecule has 0 saturated carbocycles. The number of hydrogen-bond acceptors (Lipinski definition) is 2. The summed E-state index contributed by atoms with van der Waals surface area (Å²) in [6.45, 7) is 2.08. The first-order valence-electron chi connectivity index (χ1n) is 12.3. The Morgan fingerprint density at radius 3 is 1.54 bits per heavy atom. The molecule has 0 aliphatic rings. The van der Waals surface area contributed by atoms with E-state index in [0.29, 0.717) is 12.2 Å². The molecule has 0 spiro atoms. The van der Waals surface area contributed by atoms with Gasteiger partial charge in [-0.3, -0.25) is 4.79 Å². The summed E-state index contributed by atoms with van der Waals surface area (Å²) >= 11 is 0. The maximum Gasteiger partial charge on any atom is 0.311 e. The van der Waals surface area contributed by atoms with E-state index in [9.17, 15) is 4.79 Å². The third-order valence-corrected chi connectivity index (χ3v) is 6.85. The quantitative estimate of drug-likeness (QED) is 0.147. The van der Waals surface area contributed by atoms with Crippen LogP contribution in [0.1, 0.15) is 26.2 Å². The number of benzene rings is 6. The number of fused-ring (bicyclic) bond motifs is 4. The fraction of sp³-hybridized carbons (Fsp3) is 0.121. The van der Waals surface area contributed by atoms with E-state index >= 15 is 0 Å². The highest BCUT2D eigenvalue weighted by Gasteiger charge is 2.20. The lowest BCUT2D eigenvalue weighted by Gasteiger charge is -2.19. The van der Waals surface area contributed by atoms with Crippen molar-refractivity contribution in [2.75, 3.05) is 0 Å². The van der Waals surface area contributed by atoms with Crippen molar-refractivity contribution < 1.29 is 9.53 Å². The zero-order valence-corrected chi connectivity index (χ0v) is 19.8. The van der Waals surface area contributed by atoms with E-state index in [-0.39, 0.29) is 5.97 Å². The minimum atomic E-state index is -0.175. The van der Waals surface area contributed by atoms with E-state index in [0.717, 1.165) is 34.4 Å². The average molecular weight is 455 g/mol. The van der Waals surface area contributed by atoms with Crippen molar-refractivity contribution >= 4 is 49.1 Å². The maximum absolute atomic E-state index is 12.7. The molecule has 0 atom stereocenters. The summed E-state index contributed by atoms with van der Waals surface area (Å²) in [6.07, 6.45) is 2.22. The Morgan fingerprint density at radius 2 is 1.03 bits per heavy atom. The SMILES string of the molecule is CCCCC(=O)Oc1c2ccccc2c(-c2c3ccccc3cc3ccccc23)c2ccccc12. The molecule has 0 radical (unpaired) electrons. The van der Waals surface area contributed by atoms with Gasteiger partial charge < -0.3 is 4.74 Å². The van der Waals surface area contributed by atoms with Crippen LogP contribution in [-0.2, 0) is 4.79 Å². The molecule has 0 saturated heterocycles. The zero-order valence-electron chi connectivity index (χ0n) is 19.8. The lowest BCUT2D eigenvalue weighted by Crippen LogP contribution is -2.08. The monoisotopic (exact) mass is 454 g/mol. The Morgan fingerprint density at radius 1 is 0.600 bits per heavy atom. The molecule has 170 valence electrons. The van der Waals surface area contributed by atoms with Crippen LogP contribution in [-0.4, -0.2) is 5.97 Å². The van der Waals surface area contributed by atoms with Crippen molar-refractivity contribution in [1.82, 2.24) is 0 Å². The highest BCUT2D eigenvalue weighted by atomic mass is 16.5. The van der Waals surface area contributed by atoms with Gasteiger partial charge in [-0.05, 0) is 55.9 Å². The lowest BCUT2D eigenvalue weighted by molar-refractivity contribution is -0.134. The molecule has 0 N–H and O–H groups in total. The molecule has 0 aromatic heterocycles. The fourth-order valence-corrected chi connectivity index (χ4v) is 5.24. The topological polar surface area (TPSA) is 26.3 Å². The number of esters is 1. The molecule has 0 bridgehead atoms. The largest absolute Gasteiger partial charge is 0.425 e. The Bertz CT molecular complexity index is 1620. The van der Waals surface area contributed by atoms with E-state index in [1.807, 2.05) is 12.1 Å². The van der Waals surface area contributed by atoms with Crippen molar-refractivity contribution in [3.8, 4) is 16.9 Å². The minimum Gasteiger partial charge on any atom is -0.425 e. The molecule has 0 aliphatic heterocycles. The van der Waals surface area contributed by atoms with Gasteiger partial charge in [0.15, 0.2) is 0 Å². The van der Waals surface area contributed by atoms with E-state index < -0.39 is 0 Å². The normalized spacial score (nSPS) is 11.5. The predicted molar refractivity (Wildman–Crippen MR) is 147 cm³/mol. The Balaban J connectivity index is 1.76. The van der Waals surface area contributed by atoms with Gasteiger partial charge in [0.1, 0.15) is 5.75 Å². The number of carbonyl (C=O) groups is 1. The second kappa shape index (κ2) is 8.88. The Labute approximate surface area is 204 Å². The van der Waals surface area contributed by atoms with Crippen LogP contribution >= 0.6 is 0 Å². The van der Waals surface area contributed by atoms with E-state index in [1.165, 1.54) is 32.7 Å². The summed E-state index contributed by atoms with van der Waals surface area (Å²) in [5, 5.41) is 8.96. The minimum absolute atomic E-state index is 0.175. The summed E-state index contributed by atoms with van der Waals surface area (Å²) in [4.78, 5) is 12.7. The number of carbonyl (C=O) groups excluding carboxylic acids is 1. The standard InChI is InChI=1S/C33H26O2/c1-2-3-20-30(34)35-33-28-18-10-8-16-26(28)32(27-17-9-11-19-29(27)33)31-24-14-6-4-12-22(24)21-23-13-5-7-15-25(23)31/h4-19,21H,2-3,20H2,1H3. The molecule has 0 fully saturated rings. The predicted octanol–water partition coefficient (Wildman–Crippen LogP) is 9.06. The van der Waals surface area contributed by atoms with Crippen LogP contribution in [0.4, 0.5) is 0 Å². The maximum atomic E-state index is 12.7. The first-order chi connectivity index (χ1) is 17.3. The molecule has 6 aromatic rings. The van der Waals surface area contributed by atoms with Crippen LogP contribution in [0.2, 0.25) is 0 Å². The van der Waals surface area contributed by atoms with Crippen LogP contribution in [0.3, 0.4) is 0 Å². The first kappa shape index (κ1) is 21.4. The van der Waals surface area contributed by atoms with E-state index in [1.54, 1.807) is 0 Å². The molecule has 35 heavy (non-hydrogen) atoms. The Hall–Kier alpha value is -4.17. The molecular formula is C33H26O2. The fourth-order valence-electron chi connectivity index (χ4n) is 5.24. The van der Waals surface area contributed by atoms with Crippen LogP contribution in [0.25, 0.3) is 54.2 Å². The first-order valence-corrected chi connectivity index (χ1v) is 12.3. The van der Waals surface area contributed by atoms with Crippen LogP contribution in [0.15, 0.2) is 103 Å².